The quantitative estimate of drug-likeness (QED) is 0.270. The zero-order valence-corrected chi connectivity index (χ0v) is 21.1. The topological polar surface area (TPSA) is 12.5 Å². The van der Waals surface area contributed by atoms with E-state index in [1.807, 2.05) is 36.4 Å². The Morgan fingerprint density at radius 1 is 0.816 bits per heavy atom. The van der Waals surface area contributed by atoms with Gasteiger partial charge in [0.05, 0.1) is 23.8 Å². The number of halogens is 6. The molecule has 0 saturated carbocycles. The van der Waals surface area contributed by atoms with Crippen molar-refractivity contribution in [2.75, 3.05) is 19.6 Å². The van der Waals surface area contributed by atoms with Crippen LogP contribution < -0.4 is 0 Å². The van der Waals surface area contributed by atoms with Gasteiger partial charge in [-0.1, -0.05) is 67.6 Å². The van der Waals surface area contributed by atoms with Gasteiger partial charge >= 0.3 is 12.4 Å². The van der Waals surface area contributed by atoms with Crippen molar-refractivity contribution < 1.29 is 31.1 Å². The lowest BCUT2D eigenvalue weighted by Crippen LogP contribution is -2.47. The van der Waals surface area contributed by atoms with E-state index in [0.29, 0.717) is 13.0 Å². The van der Waals surface area contributed by atoms with E-state index in [-0.39, 0.29) is 36.2 Å². The van der Waals surface area contributed by atoms with Crippen LogP contribution in [0, 0.1) is 5.92 Å². The standard InChI is InChI=1S/C30H31F6NO/c1-2-14-37-15-13-27(38-20-21-16-24(29(31,32)33)18-25(17-21)30(34,35)36)26(19-37)28(22-9-5-3-6-10-22)23-11-7-4-8-12-23/h3-12,16-18,26-28H,2,13-15,19-20H2,1H3/t26-,27+/m0/s1. The first-order chi connectivity index (χ1) is 18.1. The molecule has 2 nitrogen and oxygen atoms in total. The van der Waals surface area contributed by atoms with Gasteiger partial charge in [0.1, 0.15) is 0 Å². The van der Waals surface area contributed by atoms with Crippen LogP contribution in [-0.2, 0) is 23.7 Å². The molecule has 0 aliphatic carbocycles. The lowest BCUT2D eigenvalue weighted by Gasteiger charge is -2.42. The number of alkyl halides is 6. The van der Waals surface area contributed by atoms with E-state index in [1.165, 1.54) is 0 Å². The number of benzene rings is 3. The summed E-state index contributed by atoms with van der Waals surface area (Å²) in [5.41, 5.74) is -0.612. The molecule has 0 unspecified atom stereocenters. The summed E-state index contributed by atoms with van der Waals surface area (Å²) in [6.45, 7) is 4.14. The molecule has 1 aliphatic rings. The molecule has 1 heterocycles. The summed E-state index contributed by atoms with van der Waals surface area (Å²) in [5, 5.41) is 0. The van der Waals surface area contributed by atoms with E-state index >= 15 is 0 Å². The molecule has 1 aliphatic heterocycles. The van der Waals surface area contributed by atoms with E-state index in [4.69, 9.17) is 4.74 Å². The molecule has 2 atom stereocenters. The molecular formula is C30H31F6NO. The Morgan fingerprint density at radius 3 is 1.82 bits per heavy atom. The fourth-order valence-corrected chi connectivity index (χ4v) is 5.39. The Hall–Kier alpha value is -2.84. The average Bonchev–Trinajstić information content (AvgIpc) is 2.89. The van der Waals surface area contributed by atoms with Crippen LogP contribution >= 0.6 is 0 Å². The second kappa shape index (κ2) is 11.9. The molecule has 3 aromatic rings. The van der Waals surface area contributed by atoms with Crippen LogP contribution in [0.3, 0.4) is 0 Å². The predicted octanol–water partition coefficient (Wildman–Crippen LogP) is 8.17. The van der Waals surface area contributed by atoms with Crippen molar-refractivity contribution in [2.45, 2.75) is 50.7 Å². The summed E-state index contributed by atoms with van der Waals surface area (Å²) < 4.78 is 86.5. The maximum absolute atomic E-state index is 13.4. The Balaban J connectivity index is 1.66. The van der Waals surface area contributed by atoms with Gasteiger partial charge in [-0.25, -0.2) is 0 Å². The third-order valence-electron chi connectivity index (χ3n) is 7.07. The maximum Gasteiger partial charge on any atom is 0.416 e. The molecule has 0 N–H and O–H groups in total. The van der Waals surface area contributed by atoms with Crippen LogP contribution in [0.25, 0.3) is 0 Å². The minimum atomic E-state index is -4.89. The summed E-state index contributed by atoms with van der Waals surface area (Å²) in [6.07, 6.45) is -8.53. The average molecular weight is 536 g/mol. The zero-order valence-electron chi connectivity index (χ0n) is 21.1. The lowest BCUT2D eigenvalue weighted by molar-refractivity contribution is -0.143. The molecule has 4 rings (SSSR count). The third-order valence-corrected chi connectivity index (χ3v) is 7.07. The van der Waals surface area contributed by atoms with Crippen molar-refractivity contribution in [1.82, 2.24) is 4.90 Å². The number of rotatable bonds is 8. The molecule has 8 heteroatoms. The van der Waals surface area contributed by atoms with E-state index in [9.17, 15) is 26.3 Å². The normalized spacial score (nSPS) is 19.2. The van der Waals surface area contributed by atoms with Crippen molar-refractivity contribution in [3.63, 3.8) is 0 Å². The third kappa shape index (κ3) is 6.97. The second-order valence-electron chi connectivity index (χ2n) is 9.82. The van der Waals surface area contributed by atoms with Gasteiger partial charge in [0.2, 0.25) is 0 Å². The molecular weight excluding hydrogens is 504 g/mol. The number of hydrogen-bond donors (Lipinski definition) is 0. The van der Waals surface area contributed by atoms with Crippen LogP contribution in [0.5, 0.6) is 0 Å². The molecule has 0 spiro atoms. The molecule has 3 aromatic carbocycles. The number of hydrogen-bond acceptors (Lipinski definition) is 2. The van der Waals surface area contributed by atoms with Gasteiger partial charge < -0.3 is 9.64 Å². The number of likely N-dealkylation sites (tertiary alicyclic amines) is 1. The molecule has 0 amide bonds. The monoisotopic (exact) mass is 535 g/mol. The Morgan fingerprint density at radius 2 is 1.34 bits per heavy atom. The molecule has 38 heavy (non-hydrogen) atoms. The van der Waals surface area contributed by atoms with E-state index in [0.717, 1.165) is 42.8 Å². The highest BCUT2D eigenvalue weighted by Gasteiger charge is 2.39. The molecule has 0 aromatic heterocycles. The van der Waals surface area contributed by atoms with Gasteiger partial charge in [-0.15, -0.1) is 0 Å². The highest BCUT2D eigenvalue weighted by molar-refractivity contribution is 5.35. The summed E-state index contributed by atoms with van der Waals surface area (Å²) >= 11 is 0. The van der Waals surface area contributed by atoms with Crippen LogP contribution in [0.15, 0.2) is 78.9 Å². The Bertz CT molecular complexity index is 1090. The maximum atomic E-state index is 13.4. The largest absolute Gasteiger partial charge is 0.416 e. The highest BCUT2D eigenvalue weighted by atomic mass is 19.4. The van der Waals surface area contributed by atoms with Gasteiger partial charge in [-0.2, -0.15) is 26.3 Å². The van der Waals surface area contributed by atoms with Crippen molar-refractivity contribution in [2.24, 2.45) is 5.92 Å². The smallest absolute Gasteiger partial charge is 0.373 e. The fourth-order valence-electron chi connectivity index (χ4n) is 5.39. The summed E-state index contributed by atoms with van der Waals surface area (Å²) in [7, 11) is 0. The van der Waals surface area contributed by atoms with Crippen molar-refractivity contribution in [3.05, 3.63) is 107 Å². The zero-order chi connectivity index (χ0) is 27.3. The van der Waals surface area contributed by atoms with Gasteiger partial charge in [-0.3, -0.25) is 0 Å². The van der Waals surface area contributed by atoms with Gasteiger partial charge in [-0.05, 0) is 54.3 Å². The molecule has 204 valence electrons. The summed E-state index contributed by atoms with van der Waals surface area (Å²) in [4.78, 5) is 2.36. The highest BCUT2D eigenvalue weighted by Crippen LogP contribution is 2.40. The van der Waals surface area contributed by atoms with Crippen LogP contribution in [0.4, 0.5) is 26.3 Å². The summed E-state index contributed by atoms with van der Waals surface area (Å²) in [6, 6.07) is 21.6. The summed E-state index contributed by atoms with van der Waals surface area (Å²) in [5.74, 6) is -0.0951. The minimum Gasteiger partial charge on any atom is -0.373 e. The number of piperidine rings is 1. The van der Waals surface area contributed by atoms with Gasteiger partial charge in [0.25, 0.3) is 0 Å². The molecule has 0 bridgehead atoms. The lowest BCUT2D eigenvalue weighted by atomic mass is 9.75. The Labute approximate surface area is 219 Å². The SMILES string of the molecule is CCCN1CC[C@@H](OCc2cc(C(F)(F)F)cc(C(F)(F)F)c2)[C@@H](C(c2ccccc2)c2ccccc2)C1. The second-order valence-corrected chi connectivity index (χ2v) is 9.82. The number of nitrogens with zero attached hydrogens (tertiary/aromatic N) is 1. The van der Waals surface area contributed by atoms with E-state index in [2.05, 4.69) is 36.1 Å². The van der Waals surface area contributed by atoms with Crippen LogP contribution in [-0.4, -0.2) is 30.6 Å². The van der Waals surface area contributed by atoms with E-state index < -0.39 is 23.5 Å². The molecule has 0 radical (unpaired) electrons. The minimum absolute atomic E-state index is 0.0469. The van der Waals surface area contributed by atoms with Crippen LogP contribution in [0.1, 0.15) is 53.5 Å². The van der Waals surface area contributed by atoms with Crippen molar-refractivity contribution in [1.29, 1.82) is 0 Å². The first kappa shape index (κ1) is 28.2. The first-order valence-corrected chi connectivity index (χ1v) is 12.8. The molecule has 1 saturated heterocycles. The van der Waals surface area contributed by atoms with E-state index in [1.54, 1.807) is 0 Å². The first-order valence-electron chi connectivity index (χ1n) is 12.8. The molecule has 1 fully saturated rings. The van der Waals surface area contributed by atoms with Crippen molar-refractivity contribution >= 4 is 0 Å². The predicted molar refractivity (Wildman–Crippen MR) is 135 cm³/mol. The Kier molecular flexibility index (Phi) is 8.83. The van der Waals surface area contributed by atoms with Gasteiger partial charge in [0.15, 0.2) is 0 Å². The van der Waals surface area contributed by atoms with Crippen LogP contribution in [0.2, 0.25) is 0 Å². The fraction of sp³-hybridized carbons (Fsp3) is 0.400. The van der Waals surface area contributed by atoms with Gasteiger partial charge in [0, 0.05) is 24.9 Å². The van der Waals surface area contributed by atoms with Crippen molar-refractivity contribution in [3.8, 4) is 0 Å². The number of ether oxygens (including phenoxy) is 1.